The predicted molar refractivity (Wildman–Crippen MR) is 114 cm³/mol. The van der Waals surface area contributed by atoms with Crippen molar-refractivity contribution in [1.82, 2.24) is 0 Å². The van der Waals surface area contributed by atoms with E-state index in [0.29, 0.717) is 31.4 Å². The molecule has 0 spiro atoms. The minimum Gasteiger partial charge on any atom is -0.493 e. The molecule has 0 saturated carbocycles. The van der Waals surface area contributed by atoms with Crippen LogP contribution in [0.4, 0.5) is 5.69 Å². The number of methoxy groups -OCH3 is 2. The molecule has 0 bridgehead atoms. The molecule has 2 aromatic carbocycles. The number of carbonyl (C=O) groups is 1. The van der Waals surface area contributed by atoms with Crippen LogP contribution in [0.2, 0.25) is 5.02 Å². The highest BCUT2D eigenvalue weighted by Crippen LogP contribution is 2.40. The predicted octanol–water partition coefficient (Wildman–Crippen LogP) is 5.53. The van der Waals surface area contributed by atoms with Crippen molar-refractivity contribution in [3.63, 3.8) is 0 Å². The topological polar surface area (TPSA) is 38.8 Å². The van der Waals surface area contributed by atoms with Gasteiger partial charge in [-0.2, -0.15) is 0 Å². The van der Waals surface area contributed by atoms with E-state index in [-0.39, 0.29) is 5.91 Å². The third kappa shape index (κ3) is 3.76. The fourth-order valence-electron chi connectivity index (χ4n) is 2.45. The molecule has 0 atom stereocenters. The zero-order chi connectivity index (χ0) is 18.8. The largest absolute Gasteiger partial charge is 0.493 e. The first-order valence-electron chi connectivity index (χ1n) is 7.39. The molecular formula is C18H13BrClNO3S2. The molecule has 134 valence electrons. The average molecular weight is 471 g/mol. The molecule has 0 aromatic heterocycles. The maximum absolute atomic E-state index is 12.8. The van der Waals surface area contributed by atoms with Gasteiger partial charge in [-0.1, -0.05) is 35.6 Å². The molecule has 26 heavy (non-hydrogen) atoms. The van der Waals surface area contributed by atoms with E-state index in [1.54, 1.807) is 50.6 Å². The van der Waals surface area contributed by atoms with E-state index in [1.807, 2.05) is 6.07 Å². The number of carbonyl (C=O) groups excluding carboxylic acids is 1. The second-order valence-electron chi connectivity index (χ2n) is 5.23. The monoisotopic (exact) mass is 469 g/mol. The summed E-state index contributed by atoms with van der Waals surface area (Å²) in [5, 5.41) is 0.602. The maximum atomic E-state index is 12.8. The number of amides is 1. The number of benzene rings is 2. The first-order valence-corrected chi connectivity index (χ1v) is 9.79. The first kappa shape index (κ1) is 19.2. The van der Waals surface area contributed by atoms with Crippen molar-refractivity contribution in [2.24, 2.45) is 0 Å². The number of thiocarbonyl (C=S) groups is 1. The molecular weight excluding hydrogens is 458 g/mol. The minimum atomic E-state index is -0.173. The third-order valence-electron chi connectivity index (χ3n) is 3.63. The van der Waals surface area contributed by atoms with E-state index in [2.05, 4.69) is 15.9 Å². The number of rotatable bonds is 4. The zero-order valence-corrected chi connectivity index (χ0v) is 17.8. The average Bonchev–Trinajstić information content (AvgIpc) is 2.89. The van der Waals surface area contributed by atoms with Crippen molar-refractivity contribution >= 4 is 73.5 Å². The highest BCUT2D eigenvalue weighted by atomic mass is 79.9. The summed E-state index contributed by atoms with van der Waals surface area (Å²) >= 11 is 16.0. The molecule has 0 aliphatic carbocycles. The Morgan fingerprint density at radius 2 is 1.88 bits per heavy atom. The van der Waals surface area contributed by atoms with Crippen LogP contribution in [0.1, 0.15) is 5.56 Å². The molecule has 4 nitrogen and oxygen atoms in total. The van der Waals surface area contributed by atoms with Crippen LogP contribution in [0.25, 0.3) is 6.08 Å². The van der Waals surface area contributed by atoms with Crippen molar-refractivity contribution in [3.05, 3.63) is 56.4 Å². The summed E-state index contributed by atoms with van der Waals surface area (Å²) in [6, 6.07) is 10.6. The summed E-state index contributed by atoms with van der Waals surface area (Å²) < 4.78 is 11.9. The van der Waals surface area contributed by atoms with Crippen LogP contribution < -0.4 is 14.4 Å². The van der Waals surface area contributed by atoms with Crippen LogP contribution in [0.15, 0.2) is 45.8 Å². The summed E-state index contributed by atoms with van der Waals surface area (Å²) in [4.78, 5) is 14.8. The van der Waals surface area contributed by atoms with E-state index >= 15 is 0 Å². The van der Waals surface area contributed by atoms with Crippen LogP contribution in [-0.4, -0.2) is 24.4 Å². The molecule has 1 aliphatic heterocycles. The highest BCUT2D eigenvalue weighted by molar-refractivity contribution is 9.10. The van der Waals surface area contributed by atoms with Gasteiger partial charge in [-0.3, -0.25) is 9.69 Å². The molecule has 0 radical (unpaired) electrons. The summed E-state index contributed by atoms with van der Waals surface area (Å²) in [5.74, 6) is 0.993. The lowest BCUT2D eigenvalue weighted by Gasteiger charge is -2.14. The molecule has 1 amide bonds. The van der Waals surface area contributed by atoms with Crippen LogP contribution in [-0.2, 0) is 4.79 Å². The summed E-state index contributed by atoms with van der Waals surface area (Å²) in [7, 11) is 3.13. The molecule has 0 unspecified atom stereocenters. The lowest BCUT2D eigenvalue weighted by atomic mass is 10.2. The molecule has 2 aromatic rings. The second-order valence-corrected chi connectivity index (χ2v) is 8.20. The van der Waals surface area contributed by atoms with Crippen molar-refractivity contribution in [2.45, 2.75) is 0 Å². The van der Waals surface area contributed by atoms with Gasteiger partial charge >= 0.3 is 0 Å². The summed E-state index contributed by atoms with van der Waals surface area (Å²) in [6.45, 7) is 0. The molecule has 1 heterocycles. The fourth-order valence-corrected chi connectivity index (χ4v) is 4.50. The van der Waals surface area contributed by atoms with Gasteiger partial charge in [0.15, 0.2) is 15.8 Å². The Morgan fingerprint density at radius 3 is 2.50 bits per heavy atom. The van der Waals surface area contributed by atoms with E-state index in [9.17, 15) is 4.79 Å². The quantitative estimate of drug-likeness (QED) is 0.434. The number of nitrogens with zero attached hydrogens (tertiary/aromatic N) is 1. The third-order valence-corrected chi connectivity index (χ3v) is 5.78. The Bertz CT molecular complexity index is 915. The normalized spacial score (nSPS) is 15.7. The Hall–Kier alpha value is -1.54. The van der Waals surface area contributed by atoms with Gasteiger partial charge < -0.3 is 9.47 Å². The SMILES string of the molecule is COc1cc(/C=C2\SC(=S)N(c3ccc(Cl)cc3)C2=O)cc(Br)c1OC. The van der Waals surface area contributed by atoms with Crippen molar-refractivity contribution in [1.29, 1.82) is 0 Å². The van der Waals surface area contributed by atoms with Gasteiger partial charge in [0.2, 0.25) is 0 Å². The Balaban J connectivity index is 1.95. The van der Waals surface area contributed by atoms with Gasteiger partial charge in [0.25, 0.3) is 5.91 Å². The molecule has 1 fully saturated rings. The van der Waals surface area contributed by atoms with Crippen molar-refractivity contribution in [3.8, 4) is 11.5 Å². The standard InChI is InChI=1S/C18H13BrClNO3S2/c1-23-14-8-10(7-13(19)16(14)24-2)9-15-17(22)21(18(25)26-15)12-5-3-11(20)4-6-12/h3-9H,1-2H3/b15-9-. The molecule has 0 N–H and O–H groups in total. The smallest absolute Gasteiger partial charge is 0.270 e. The number of hydrogen-bond acceptors (Lipinski definition) is 5. The van der Waals surface area contributed by atoms with Crippen LogP contribution in [0.3, 0.4) is 0 Å². The van der Waals surface area contributed by atoms with Gasteiger partial charge in [-0.25, -0.2) is 0 Å². The number of halogens is 2. The van der Waals surface area contributed by atoms with Gasteiger partial charge in [-0.05, 0) is 64.0 Å². The van der Waals surface area contributed by atoms with Crippen molar-refractivity contribution in [2.75, 3.05) is 19.1 Å². The first-order chi connectivity index (χ1) is 12.4. The second kappa shape index (κ2) is 8.00. The van der Waals surface area contributed by atoms with Gasteiger partial charge in [-0.15, -0.1) is 0 Å². The molecule has 3 rings (SSSR count). The Kier molecular flexibility index (Phi) is 5.92. The van der Waals surface area contributed by atoms with Crippen molar-refractivity contribution < 1.29 is 14.3 Å². The lowest BCUT2D eigenvalue weighted by molar-refractivity contribution is -0.113. The Labute approximate surface area is 174 Å². The summed E-state index contributed by atoms with van der Waals surface area (Å²) in [6.07, 6.45) is 1.78. The lowest BCUT2D eigenvalue weighted by Crippen LogP contribution is -2.27. The van der Waals surface area contributed by atoms with Gasteiger partial charge in [0.1, 0.15) is 0 Å². The number of anilines is 1. The Morgan fingerprint density at radius 1 is 1.19 bits per heavy atom. The van der Waals surface area contributed by atoms with E-state index in [1.165, 1.54) is 16.7 Å². The zero-order valence-electron chi connectivity index (χ0n) is 13.8. The van der Waals surface area contributed by atoms with E-state index in [0.717, 1.165) is 10.0 Å². The van der Waals surface area contributed by atoms with E-state index in [4.69, 9.17) is 33.3 Å². The number of hydrogen-bond donors (Lipinski definition) is 0. The molecule has 1 aliphatic rings. The fraction of sp³-hybridized carbons (Fsp3) is 0.111. The maximum Gasteiger partial charge on any atom is 0.270 e. The molecule has 1 saturated heterocycles. The number of thioether (sulfide) groups is 1. The van der Waals surface area contributed by atoms with Crippen LogP contribution >= 0.6 is 51.5 Å². The van der Waals surface area contributed by atoms with Gasteiger partial charge in [0.05, 0.1) is 29.3 Å². The van der Waals surface area contributed by atoms with Crippen LogP contribution in [0.5, 0.6) is 11.5 Å². The van der Waals surface area contributed by atoms with Gasteiger partial charge in [0, 0.05) is 5.02 Å². The molecule has 8 heteroatoms. The van der Waals surface area contributed by atoms with E-state index < -0.39 is 0 Å². The number of ether oxygens (including phenoxy) is 2. The highest BCUT2D eigenvalue weighted by Gasteiger charge is 2.33. The summed E-state index contributed by atoms with van der Waals surface area (Å²) in [5.41, 5.74) is 1.49. The minimum absolute atomic E-state index is 0.173. The van der Waals surface area contributed by atoms with Crippen LogP contribution in [0, 0.1) is 0 Å².